The molecule has 0 saturated carbocycles. The molecule has 2 nitrogen and oxygen atoms in total. The Bertz CT molecular complexity index is 247. The fourth-order valence-electron chi connectivity index (χ4n) is 2.10. The van der Waals surface area contributed by atoms with Crippen LogP contribution in [0.1, 0.15) is 25.5 Å². The van der Waals surface area contributed by atoms with E-state index in [4.69, 9.17) is 4.42 Å². The van der Waals surface area contributed by atoms with Crippen LogP contribution in [0.2, 0.25) is 0 Å². The normalized spacial score (nSPS) is 29.0. The first kappa shape index (κ1) is 8.82. The standard InChI is InChI=1S/C11H17NO/c1-11(5-3-6-12-9-11)8-10-4-2-7-13-10/h2,4,7,12H,3,5-6,8-9H2,1H3. The van der Waals surface area contributed by atoms with Crippen molar-refractivity contribution in [1.29, 1.82) is 0 Å². The summed E-state index contributed by atoms with van der Waals surface area (Å²) in [5.41, 5.74) is 0.399. The van der Waals surface area contributed by atoms with Crippen LogP contribution in [0.25, 0.3) is 0 Å². The highest BCUT2D eigenvalue weighted by molar-refractivity contribution is 5.02. The largest absolute Gasteiger partial charge is 0.469 e. The molecule has 1 N–H and O–H groups in total. The van der Waals surface area contributed by atoms with Gasteiger partial charge in [-0.15, -0.1) is 0 Å². The molecule has 2 rings (SSSR count). The molecule has 1 aliphatic heterocycles. The van der Waals surface area contributed by atoms with Crippen molar-refractivity contribution >= 4 is 0 Å². The van der Waals surface area contributed by atoms with E-state index in [1.54, 1.807) is 6.26 Å². The van der Waals surface area contributed by atoms with Crippen molar-refractivity contribution in [1.82, 2.24) is 5.32 Å². The third-order valence-corrected chi connectivity index (χ3v) is 2.87. The fourth-order valence-corrected chi connectivity index (χ4v) is 2.10. The maximum Gasteiger partial charge on any atom is 0.104 e. The molecule has 0 radical (unpaired) electrons. The predicted molar refractivity (Wildman–Crippen MR) is 52.6 cm³/mol. The Labute approximate surface area is 79.3 Å². The first-order chi connectivity index (χ1) is 6.29. The second-order valence-corrected chi connectivity index (χ2v) is 4.35. The Hall–Kier alpha value is -0.760. The van der Waals surface area contributed by atoms with Crippen LogP contribution in [0, 0.1) is 5.41 Å². The fraction of sp³-hybridized carbons (Fsp3) is 0.636. The second-order valence-electron chi connectivity index (χ2n) is 4.35. The van der Waals surface area contributed by atoms with Crippen LogP contribution >= 0.6 is 0 Å². The Morgan fingerprint density at radius 3 is 3.15 bits per heavy atom. The predicted octanol–water partition coefficient (Wildman–Crippen LogP) is 2.21. The highest BCUT2D eigenvalue weighted by Crippen LogP contribution is 2.29. The minimum Gasteiger partial charge on any atom is -0.469 e. The van der Waals surface area contributed by atoms with Gasteiger partial charge in [0.1, 0.15) is 5.76 Å². The second kappa shape index (κ2) is 3.54. The van der Waals surface area contributed by atoms with Crippen molar-refractivity contribution in [3.63, 3.8) is 0 Å². The van der Waals surface area contributed by atoms with Gasteiger partial charge in [-0.3, -0.25) is 0 Å². The highest BCUT2D eigenvalue weighted by Gasteiger charge is 2.27. The molecule has 1 fully saturated rings. The molecule has 0 spiro atoms. The van der Waals surface area contributed by atoms with Gasteiger partial charge in [0.15, 0.2) is 0 Å². The van der Waals surface area contributed by atoms with Crippen LogP contribution in [0.3, 0.4) is 0 Å². The summed E-state index contributed by atoms with van der Waals surface area (Å²) < 4.78 is 5.37. The zero-order valence-electron chi connectivity index (χ0n) is 8.18. The minimum absolute atomic E-state index is 0.399. The summed E-state index contributed by atoms with van der Waals surface area (Å²) in [5.74, 6) is 1.12. The zero-order chi connectivity index (χ0) is 9.15. The van der Waals surface area contributed by atoms with Gasteiger partial charge in [0, 0.05) is 13.0 Å². The van der Waals surface area contributed by atoms with E-state index >= 15 is 0 Å². The van der Waals surface area contributed by atoms with Crippen LogP contribution < -0.4 is 5.32 Å². The maximum atomic E-state index is 5.37. The third-order valence-electron chi connectivity index (χ3n) is 2.87. The summed E-state index contributed by atoms with van der Waals surface area (Å²) in [4.78, 5) is 0. The summed E-state index contributed by atoms with van der Waals surface area (Å²) in [6.45, 7) is 4.63. The van der Waals surface area contributed by atoms with E-state index in [-0.39, 0.29) is 0 Å². The topological polar surface area (TPSA) is 25.2 Å². The summed E-state index contributed by atoms with van der Waals surface area (Å²) >= 11 is 0. The van der Waals surface area contributed by atoms with E-state index < -0.39 is 0 Å². The lowest BCUT2D eigenvalue weighted by atomic mass is 9.79. The Morgan fingerprint density at radius 1 is 1.62 bits per heavy atom. The average molecular weight is 179 g/mol. The van der Waals surface area contributed by atoms with Gasteiger partial charge in [0.2, 0.25) is 0 Å². The van der Waals surface area contributed by atoms with Crippen LogP contribution in [0.5, 0.6) is 0 Å². The quantitative estimate of drug-likeness (QED) is 0.753. The lowest BCUT2D eigenvalue weighted by Gasteiger charge is -2.33. The van der Waals surface area contributed by atoms with Gasteiger partial charge in [-0.1, -0.05) is 6.92 Å². The van der Waals surface area contributed by atoms with Crippen molar-refractivity contribution in [2.24, 2.45) is 5.41 Å². The number of piperidine rings is 1. The van der Waals surface area contributed by atoms with Gasteiger partial charge in [-0.05, 0) is 36.9 Å². The molecular weight excluding hydrogens is 162 g/mol. The molecule has 72 valence electrons. The summed E-state index contributed by atoms with van der Waals surface area (Å²) in [5, 5.41) is 3.45. The Morgan fingerprint density at radius 2 is 2.54 bits per heavy atom. The molecular formula is C11H17NO. The van der Waals surface area contributed by atoms with Crippen molar-refractivity contribution in [2.75, 3.05) is 13.1 Å². The molecule has 0 bridgehead atoms. The van der Waals surface area contributed by atoms with Crippen LogP contribution in [-0.4, -0.2) is 13.1 Å². The van der Waals surface area contributed by atoms with E-state index in [1.807, 2.05) is 6.07 Å². The summed E-state index contributed by atoms with van der Waals surface area (Å²) in [6.07, 6.45) is 5.42. The Balaban J connectivity index is 1.99. The molecule has 1 aromatic rings. The first-order valence-electron chi connectivity index (χ1n) is 5.02. The van der Waals surface area contributed by atoms with Crippen LogP contribution in [0.4, 0.5) is 0 Å². The minimum atomic E-state index is 0.399. The van der Waals surface area contributed by atoms with Gasteiger partial charge in [-0.25, -0.2) is 0 Å². The number of hydrogen-bond acceptors (Lipinski definition) is 2. The van der Waals surface area contributed by atoms with E-state index in [2.05, 4.69) is 18.3 Å². The maximum absolute atomic E-state index is 5.37. The zero-order valence-corrected chi connectivity index (χ0v) is 8.18. The Kier molecular flexibility index (Phi) is 2.40. The molecule has 1 saturated heterocycles. The lowest BCUT2D eigenvalue weighted by molar-refractivity contribution is 0.221. The SMILES string of the molecule is CC1(Cc2ccco2)CCCNC1. The van der Waals surface area contributed by atoms with Gasteiger partial charge < -0.3 is 9.73 Å². The highest BCUT2D eigenvalue weighted by atomic mass is 16.3. The molecule has 1 aromatic heterocycles. The third kappa shape index (κ3) is 2.13. The van der Waals surface area contributed by atoms with Crippen molar-refractivity contribution < 1.29 is 4.42 Å². The lowest BCUT2D eigenvalue weighted by Crippen LogP contribution is -2.39. The summed E-state index contributed by atoms with van der Waals surface area (Å²) in [6, 6.07) is 4.04. The van der Waals surface area contributed by atoms with Gasteiger partial charge in [0.05, 0.1) is 6.26 Å². The number of nitrogens with one attached hydrogen (secondary N) is 1. The van der Waals surface area contributed by atoms with Crippen LogP contribution in [0.15, 0.2) is 22.8 Å². The molecule has 1 atom stereocenters. The van der Waals surface area contributed by atoms with Crippen molar-refractivity contribution in [3.8, 4) is 0 Å². The van der Waals surface area contributed by atoms with Crippen molar-refractivity contribution in [3.05, 3.63) is 24.2 Å². The number of rotatable bonds is 2. The molecule has 13 heavy (non-hydrogen) atoms. The molecule has 1 aliphatic rings. The van der Waals surface area contributed by atoms with E-state index in [9.17, 15) is 0 Å². The van der Waals surface area contributed by atoms with E-state index in [1.165, 1.54) is 19.4 Å². The van der Waals surface area contributed by atoms with E-state index in [0.29, 0.717) is 5.41 Å². The van der Waals surface area contributed by atoms with Crippen molar-refractivity contribution in [2.45, 2.75) is 26.2 Å². The summed E-state index contributed by atoms with van der Waals surface area (Å²) in [7, 11) is 0. The number of hydrogen-bond donors (Lipinski definition) is 1. The van der Waals surface area contributed by atoms with Crippen LogP contribution in [-0.2, 0) is 6.42 Å². The molecule has 2 heterocycles. The molecule has 1 unspecified atom stereocenters. The molecule has 0 aliphatic carbocycles. The molecule has 0 aromatic carbocycles. The van der Waals surface area contributed by atoms with Gasteiger partial charge in [0.25, 0.3) is 0 Å². The van der Waals surface area contributed by atoms with E-state index in [0.717, 1.165) is 18.7 Å². The number of furan rings is 1. The van der Waals surface area contributed by atoms with Gasteiger partial charge >= 0.3 is 0 Å². The van der Waals surface area contributed by atoms with Gasteiger partial charge in [-0.2, -0.15) is 0 Å². The first-order valence-corrected chi connectivity index (χ1v) is 5.02. The average Bonchev–Trinajstić information content (AvgIpc) is 2.57. The molecule has 0 amide bonds. The molecule has 2 heteroatoms. The smallest absolute Gasteiger partial charge is 0.104 e. The monoisotopic (exact) mass is 179 g/mol.